The maximum atomic E-state index is 12.5. The Kier molecular flexibility index (Phi) is 4.35. The summed E-state index contributed by atoms with van der Waals surface area (Å²) in [6.45, 7) is 2.43. The largest absolute Gasteiger partial charge is 0.368 e. The second-order valence-corrected chi connectivity index (χ2v) is 8.74. The van der Waals surface area contributed by atoms with Gasteiger partial charge in [0, 0.05) is 30.7 Å². The number of thiophene rings is 1. The van der Waals surface area contributed by atoms with Crippen molar-refractivity contribution in [2.45, 2.75) is 4.21 Å². The number of halogens is 1. The number of piperazine rings is 1. The zero-order valence-corrected chi connectivity index (χ0v) is 14.5. The van der Waals surface area contributed by atoms with Crippen LogP contribution in [0.15, 0.2) is 50.5 Å². The van der Waals surface area contributed by atoms with Crippen molar-refractivity contribution in [1.29, 1.82) is 0 Å². The van der Waals surface area contributed by atoms with Crippen molar-refractivity contribution in [3.63, 3.8) is 0 Å². The van der Waals surface area contributed by atoms with Gasteiger partial charge < -0.3 is 4.90 Å². The molecule has 0 aliphatic carbocycles. The number of anilines is 1. The molecule has 3 rings (SSSR count). The van der Waals surface area contributed by atoms with E-state index in [1.165, 1.54) is 11.3 Å². The summed E-state index contributed by atoms with van der Waals surface area (Å²) in [5.74, 6) is 0. The highest BCUT2D eigenvalue weighted by Gasteiger charge is 2.29. The Morgan fingerprint density at radius 1 is 1.00 bits per heavy atom. The monoisotopic (exact) mass is 386 g/mol. The van der Waals surface area contributed by atoms with E-state index in [9.17, 15) is 8.42 Å². The van der Waals surface area contributed by atoms with E-state index in [4.69, 9.17) is 0 Å². The van der Waals surface area contributed by atoms with Gasteiger partial charge in [-0.2, -0.15) is 4.31 Å². The molecule has 0 N–H and O–H groups in total. The molecule has 0 atom stereocenters. The van der Waals surface area contributed by atoms with Crippen LogP contribution < -0.4 is 4.90 Å². The number of rotatable bonds is 3. The van der Waals surface area contributed by atoms with E-state index < -0.39 is 10.0 Å². The van der Waals surface area contributed by atoms with Gasteiger partial charge in [-0.3, -0.25) is 0 Å². The molecule has 1 fully saturated rings. The van der Waals surface area contributed by atoms with Crippen molar-refractivity contribution in [2.24, 2.45) is 0 Å². The molecule has 1 aliphatic rings. The third-order valence-corrected chi connectivity index (χ3v) is 7.46. The molecule has 1 saturated heterocycles. The minimum absolute atomic E-state index is 0.428. The lowest BCUT2D eigenvalue weighted by atomic mass is 10.2. The summed E-state index contributed by atoms with van der Waals surface area (Å²) in [6, 6.07) is 11.5. The molecule has 4 nitrogen and oxygen atoms in total. The van der Waals surface area contributed by atoms with Gasteiger partial charge in [-0.25, -0.2) is 8.42 Å². The molecule has 21 heavy (non-hydrogen) atoms. The minimum Gasteiger partial charge on any atom is -0.368 e. The van der Waals surface area contributed by atoms with Crippen LogP contribution in [-0.2, 0) is 10.0 Å². The van der Waals surface area contributed by atoms with Gasteiger partial charge in [-0.05, 0) is 39.5 Å². The summed E-state index contributed by atoms with van der Waals surface area (Å²) in [4.78, 5) is 2.21. The standard InChI is InChI=1S/C14H15BrN2O2S2/c15-12-4-1-2-5-13(12)16-7-9-17(10-8-16)21(18,19)14-6-3-11-20-14/h1-6,11H,7-10H2. The highest BCUT2D eigenvalue weighted by atomic mass is 79.9. The molecule has 1 aromatic carbocycles. The van der Waals surface area contributed by atoms with E-state index in [1.54, 1.807) is 21.8 Å². The van der Waals surface area contributed by atoms with E-state index in [2.05, 4.69) is 20.8 Å². The first kappa shape index (κ1) is 15.0. The van der Waals surface area contributed by atoms with Crippen molar-refractivity contribution in [2.75, 3.05) is 31.1 Å². The average Bonchev–Trinajstić information content (AvgIpc) is 3.03. The fourth-order valence-electron chi connectivity index (χ4n) is 2.42. The number of hydrogen-bond acceptors (Lipinski definition) is 4. The summed E-state index contributed by atoms with van der Waals surface area (Å²) in [6.07, 6.45) is 0. The molecule has 1 aliphatic heterocycles. The van der Waals surface area contributed by atoms with Crippen molar-refractivity contribution in [3.8, 4) is 0 Å². The first-order chi connectivity index (χ1) is 10.1. The van der Waals surface area contributed by atoms with Crippen molar-refractivity contribution < 1.29 is 8.42 Å². The van der Waals surface area contributed by atoms with Gasteiger partial charge in [0.25, 0.3) is 10.0 Å². The van der Waals surface area contributed by atoms with Crippen LogP contribution in [0, 0.1) is 0 Å². The van der Waals surface area contributed by atoms with Gasteiger partial charge in [0.15, 0.2) is 0 Å². The predicted octanol–water partition coefficient (Wildman–Crippen LogP) is 3.02. The lowest BCUT2D eigenvalue weighted by Crippen LogP contribution is -2.48. The van der Waals surface area contributed by atoms with E-state index in [0.717, 1.165) is 10.2 Å². The third-order valence-electron chi connectivity index (χ3n) is 3.52. The van der Waals surface area contributed by atoms with Crippen molar-refractivity contribution in [1.82, 2.24) is 4.31 Å². The zero-order chi connectivity index (χ0) is 14.9. The third kappa shape index (κ3) is 3.01. The van der Waals surface area contributed by atoms with Crippen molar-refractivity contribution >= 4 is 43.0 Å². The van der Waals surface area contributed by atoms with E-state index in [-0.39, 0.29) is 0 Å². The highest BCUT2D eigenvalue weighted by Crippen LogP contribution is 2.28. The van der Waals surface area contributed by atoms with Crippen LogP contribution in [0.2, 0.25) is 0 Å². The smallest absolute Gasteiger partial charge is 0.252 e. The summed E-state index contributed by atoms with van der Waals surface area (Å²) in [5.41, 5.74) is 1.12. The SMILES string of the molecule is O=S(=O)(c1cccs1)N1CCN(c2ccccc2Br)CC1. The first-order valence-electron chi connectivity index (χ1n) is 6.62. The van der Waals surface area contributed by atoms with E-state index in [0.29, 0.717) is 30.4 Å². The van der Waals surface area contributed by atoms with Gasteiger partial charge in [0.2, 0.25) is 0 Å². The van der Waals surface area contributed by atoms with Gasteiger partial charge in [0.05, 0.1) is 5.69 Å². The molecule has 2 aromatic rings. The molecule has 7 heteroatoms. The second kappa shape index (κ2) is 6.08. The van der Waals surface area contributed by atoms with E-state index >= 15 is 0 Å². The molecule has 0 saturated carbocycles. The minimum atomic E-state index is -3.32. The lowest BCUT2D eigenvalue weighted by Gasteiger charge is -2.35. The van der Waals surface area contributed by atoms with Gasteiger partial charge >= 0.3 is 0 Å². The van der Waals surface area contributed by atoms with Gasteiger partial charge in [-0.1, -0.05) is 18.2 Å². The normalized spacial score (nSPS) is 17.1. The fourth-order valence-corrected chi connectivity index (χ4v) is 5.52. The Bertz CT molecular complexity index is 708. The Hall–Kier alpha value is -0.890. The molecule has 2 heterocycles. The second-order valence-electron chi connectivity index (χ2n) is 4.77. The number of para-hydroxylation sites is 1. The van der Waals surface area contributed by atoms with Crippen LogP contribution in [0.5, 0.6) is 0 Å². The van der Waals surface area contributed by atoms with Crippen LogP contribution in [0.25, 0.3) is 0 Å². The molecule has 0 unspecified atom stereocenters. The van der Waals surface area contributed by atoms with Crippen LogP contribution in [0.1, 0.15) is 0 Å². The Morgan fingerprint density at radius 2 is 1.71 bits per heavy atom. The van der Waals surface area contributed by atoms with Crippen LogP contribution in [0.3, 0.4) is 0 Å². The van der Waals surface area contributed by atoms with Crippen LogP contribution in [-0.4, -0.2) is 38.9 Å². The molecule has 1 aromatic heterocycles. The number of nitrogens with zero attached hydrogens (tertiary/aromatic N) is 2. The number of hydrogen-bond donors (Lipinski definition) is 0. The fraction of sp³-hybridized carbons (Fsp3) is 0.286. The predicted molar refractivity (Wildman–Crippen MR) is 89.4 cm³/mol. The Morgan fingerprint density at radius 3 is 2.33 bits per heavy atom. The maximum Gasteiger partial charge on any atom is 0.252 e. The Balaban J connectivity index is 1.73. The van der Waals surface area contributed by atoms with Crippen LogP contribution in [0.4, 0.5) is 5.69 Å². The molecule has 0 bridgehead atoms. The molecular weight excluding hydrogens is 372 g/mol. The Labute approximate surface area is 137 Å². The van der Waals surface area contributed by atoms with Gasteiger partial charge in [0.1, 0.15) is 4.21 Å². The lowest BCUT2D eigenvalue weighted by molar-refractivity contribution is 0.386. The summed E-state index contributed by atoms with van der Waals surface area (Å²) in [7, 11) is -3.32. The number of sulfonamides is 1. The number of benzene rings is 1. The molecule has 0 spiro atoms. The van der Waals surface area contributed by atoms with E-state index in [1.807, 2.05) is 24.3 Å². The zero-order valence-electron chi connectivity index (χ0n) is 11.3. The first-order valence-corrected chi connectivity index (χ1v) is 9.73. The highest BCUT2D eigenvalue weighted by molar-refractivity contribution is 9.10. The molecule has 0 radical (unpaired) electrons. The average molecular weight is 387 g/mol. The molecular formula is C14H15BrN2O2S2. The summed E-state index contributed by atoms with van der Waals surface area (Å²) >= 11 is 4.82. The maximum absolute atomic E-state index is 12.5. The molecule has 112 valence electrons. The summed E-state index contributed by atoms with van der Waals surface area (Å²) < 4.78 is 28.0. The summed E-state index contributed by atoms with van der Waals surface area (Å²) in [5, 5.41) is 1.80. The van der Waals surface area contributed by atoms with Crippen LogP contribution >= 0.6 is 27.3 Å². The quantitative estimate of drug-likeness (QED) is 0.813. The molecule has 0 amide bonds. The van der Waals surface area contributed by atoms with Gasteiger partial charge in [-0.15, -0.1) is 11.3 Å². The van der Waals surface area contributed by atoms with Crippen molar-refractivity contribution in [3.05, 3.63) is 46.3 Å². The topological polar surface area (TPSA) is 40.6 Å².